The molecule has 0 saturated heterocycles. The van der Waals surface area contributed by atoms with Gasteiger partial charge in [0, 0.05) is 12.1 Å². The van der Waals surface area contributed by atoms with Gasteiger partial charge in [-0.15, -0.1) is 0 Å². The minimum atomic E-state index is -3.89. The van der Waals surface area contributed by atoms with Gasteiger partial charge in [0.15, 0.2) is 0 Å². The molecular weight excluding hydrogens is 328 g/mol. The Morgan fingerprint density at radius 2 is 1.82 bits per heavy atom. The lowest BCUT2D eigenvalue weighted by Gasteiger charge is -2.14. The van der Waals surface area contributed by atoms with Crippen LogP contribution in [0.1, 0.15) is 18.5 Å². The van der Waals surface area contributed by atoms with Crippen molar-refractivity contribution in [2.24, 2.45) is 0 Å². The van der Waals surface area contributed by atoms with Gasteiger partial charge in [-0.1, -0.05) is 41.9 Å². The monoisotopic (exact) mass is 340 g/mol. The lowest BCUT2D eigenvalue weighted by molar-refractivity contribution is -0.384. The number of sulfonamides is 1. The number of rotatable bonds is 5. The molecule has 8 heteroatoms. The van der Waals surface area contributed by atoms with Crippen LogP contribution in [0.15, 0.2) is 53.4 Å². The summed E-state index contributed by atoms with van der Waals surface area (Å²) in [5.41, 5.74) is 0.339. The number of halogens is 1. The van der Waals surface area contributed by atoms with Crippen molar-refractivity contribution in [2.75, 3.05) is 0 Å². The lowest BCUT2D eigenvalue weighted by Crippen LogP contribution is -2.26. The molecule has 0 fully saturated rings. The van der Waals surface area contributed by atoms with Crippen molar-refractivity contribution in [2.45, 2.75) is 17.9 Å². The first-order valence-corrected chi connectivity index (χ1v) is 8.18. The normalized spacial score (nSPS) is 12.8. The van der Waals surface area contributed by atoms with E-state index >= 15 is 0 Å². The summed E-state index contributed by atoms with van der Waals surface area (Å²) in [6, 6.07) is 11.9. The van der Waals surface area contributed by atoms with Gasteiger partial charge in [0.05, 0.1) is 9.82 Å². The third-order valence-corrected chi connectivity index (χ3v) is 4.91. The number of nitrogens with one attached hydrogen (secondary N) is 1. The van der Waals surface area contributed by atoms with Gasteiger partial charge in [0.25, 0.3) is 5.69 Å². The van der Waals surface area contributed by atoms with E-state index in [2.05, 4.69) is 4.72 Å². The van der Waals surface area contributed by atoms with Crippen molar-refractivity contribution in [1.82, 2.24) is 4.72 Å². The summed E-state index contributed by atoms with van der Waals surface area (Å²) >= 11 is 5.69. The van der Waals surface area contributed by atoms with Gasteiger partial charge in [-0.2, -0.15) is 0 Å². The average molecular weight is 341 g/mol. The van der Waals surface area contributed by atoms with Crippen LogP contribution in [0.3, 0.4) is 0 Å². The van der Waals surface area contributed by atoms with Crippen LogP contribution in [0, 0.1) is 10.1 Å². The highest BCUT2D eigenvalue weighted by atomic mass is 35.5. The first-order valence-electron chi connectivity index (χ1n) is 6.32. The summed E-state index contributed by atoms with van der Waals surface area (Å²) < 4.78 is 27.1. The quantitative estimate of drug-likeness (QED) is 0.668. The third kappa shape index (κ3) is 3.62. The Morgan fingerprint density at radius 1 is 1.18 bits per heavy atom. The Morgan fingerprint density at radius 3 is 2.41 bits per heavy atom. The zero-order valence-electron chi connectivity index (χ0n) is 11.6. The van der Waals surface area contributed by atoms with E-state index in [0.29, 0.717) is 0 Å². The molecule has 0 aliphatic heterocycles. The van der Waals surface area contributed by atoms with Crippen LogP contribution in [0.2, 0.25) is 5.02 Å². The minimum Gasteiger partial charge on any atom is -0.258 e. The third-order valence-electron chi connectivity index (χ3n) is 3.06. The summed E-state index contributed by atoms with van der Waals surface area (Å²) in [7, 11) is -3.89. The number of benzene rings is 2. The molecule has 0 radical (unpaired) electrons. The molecule has 0 aliphatic carbocycles. The van der Waals surface area contributed by atoms with Crippen LogP contribution in [0.5, 0.6) is 0 Å². The van der Waals surface area contributed by atoms with Gasteiger partial charge in [-0.3, -0.25) is 10.1 Å². The number of nitro groups is 1. The number of nitrogens with zero attached hydrogens (tertiary/aromatic N) is 1. The van der Waals surface area contributed by atoms with E-state index in [1.165, 1.54) is 12.1 Å². The fraction of sp³-hybridized carbons (Fsp3) is 0.143. The SMILES string of the molecule is C[C@H](NS(=O)(=O)c1ccc(Cl)c([N+](=O)[O-])c1)c1ccccc1. The van der Waals surface area contributed by atoms with Crippen LogP contribution in [0.25, 0.3) is 0 Å². The Balaban J connectivity index is 2.31. The van der Waals surface area contributed by atoms with E-state index in [1.807, 2.05) is 6.07 Å². The predicted molar refractivity (Wildman–Crippen MR) is 83.3 cm³/mol. The molecule has 0 saturated carbocycles. The Hall–Kier alpha value is -1.96. The van der Waals surface area contributed by atoms with Crippen molar-refractivity contribution in [3.8, 4) is 0 Å². The van der Waals surface area contributed by atoms with Gasteiger partial charge in [0.1, 0.15) is 5.02 Å². The molecule has 0 amide bonds. The largest absolute Gasteiger partial charge is 0.289 e. The van der Waals surface area contributed by atoms with Crippen molar-refractivity contribution in [1.29, 1.82) is 0 Å². The Labute approximate surface area is 132 Å². The first-order chi connectivity index (χ1) is 10.3. The van der Waals surface area contributed by atoms with Crippen molar-refractivity contribution in [3.63, 3.8) is 0 Å². The highest BCUT2D eigenvalue weighted by Crippen LogP contribution is 2.27. The van der Waals surface area contributed by atoms with Crippen molar-refractivity contribution in [3.05, 3.63) is 69.2 Å². The molecule has 0 aromatic heterocycles. The Kier molecular flexibility index (Phi) is 4.80. The fourth-order valence-electron chi connectivity index (χ4n) is 1.91. The zero-order valence-corrected chi connectivity index (χ0v) is 13.1. The number of hydrogen-bond acceptors (Lipinski definition) is 4. The second-order valence-corrected chi connectivity index (χ2v) is 6.75. The van der Waals surface area contributed by atoms with Gasteiger partial charge in [-0.25, -0.2) is 13.1 Å². The van der Waals surface area contributed by atoms with E-state index < -0.39 is 26.7 Å². The summed E-state index contributed by atoms with van der Waals surface area (Å²) in [4.78, 5) is 9.93. The van der Waals surface area contributed by atoms with E-state index in [0.717, 1.165) is 11.6 Å². The fourth-order valence-corrected chi connectivity index (χ4v) is 3.35. The van der Waals surface area contributed by atoms with Gasteiger partial charge in [0.2, 0.25) is 10.0 Å². The molecule has 2 rings (SSSR count). The molecule has 1 atom stereocenters. The molecule has 6 nitrogen and oxygen atoms in total. The maximum atomic E-state index is 12.3. The molecule has 22 heavy (non-hydrogen) atoms. The highest BCUT2D eigenvalue weighted by molar-refractivity contribution is 7.89. The molecule has 2 aromatic carbocycles. The summed E-state index contributed by atoms with van der Waals surface area (Å²) in [6.07, 6.45) is 0. The van der Waals surface area contributed by atoms with Gasteiger partial charge >= 0.3 is 0 Å². The van der Waals surface area contributed by atoms with E-state index in [-0.39, 0.29) is 9.92 Å². The second kappa shape index (κ2) is 6.43. The molecule has 0 heterocycles. The van der Waals surface area contributed by atoms with Crippen LogP contribution in [-0.2, 0) is 10.0 Å². The maximum Gasteiger partial charge on any atom is 0.289 e. The van der Waals surface area contributed by atoms with Crippen LogP contribution in [0.4, 0.5) is 5.69 Å². The highest BCUT2D eigenvalue weighted by Gasteiger charge is 2.22. The molecule has 1 N–H and O–H groups in total. The molecule has 0 unspecified atom stereocenters. The molecule has 2 aromatic rings. The summed E-state index contributed by atoms with van der Waals surface area (Å²) in [6.45, 7) is 1.69. The topological polar surface area (TPSA) is 89.3 Å². The molecule has 116 valence electrons. The average Bonchev–Trinajstić information content (AvgIpc) is 2.47. The lowest BCUT2D eigenvalue weighted by atomic mass is 10.1. The minimum absolute atomic E-state index is 0.111. The summed E-state index contributed by atoms with van der Waals surface area (Å²) in [5.74, 6) is 0. The maximum absolute atomic E-state index is 12.3. The van der Waals surface area contributed by atoms with Crippen molar-refractivity contribution >= 4 is 27.3 Å². The number of hydrogen-bond donors (Lipinski definition) is 1. The molecular formula is C14H13ClN2O4S. The molecule has 0 aliphatic rings. The van der Waals surface area contributed by atoms with E-state index in [9.17, 15) is 18.5 Å². The Bertz CT molecular complexity index is 794. The standard InChI is InChI=1S/C14H13ClN2O4S/c1-10(11-5-3-2-4-6-11)16-22(20,21)12-7-8-13(15)14(9-12)17(18)19/h2-10,16H,1H3/t10-/m0/s1. The first kappa shape index (κ1) is 16.4. The molecule has 0 spiro atoms. The van der Waals surface area contributed by atoms with Crippen molar-refractivity contribution < 1.29 is 13.3 Å². The van der Waals surface area contributed by atoms with Gasteiger partial charge in [-0.05, 0) is 24.6 Å². The smallest absolute Gasteiger partial charge is 0.258 e. The summed E-state index contributed by atoms with van der Waals surface area (Å²) in [5, 5.41) is 10.7. The second-order valence-electron chi connectivity index (χ2n) is 4.62. The zero-order chi connectivity index (χ0) is 16.3. The van der Waals surface area contributed by atoms with Crippen LogP contribution >= 0.6 is 11.6 Å². The predicted octanol–water partition coefficient (Wildman–Crippen LogP) is 3.29. The van der Waals surface area contributed by atoms with E-state index in [4.69, 9.17) is 11.6 Å². The van der Waals surface area contributed by atoms with Crippen LogP contribution in [-0.4, -0.2) is 13.3 Å². The molecule has 0 bridgehead atoms. The van der Waals surface area contributed by atoms with E-state index in [1.54, 1.807) is 31.2 Å². The van der Waals surface area contributed by atoms with Crippen LogP contribution < -0.4 is 4.72 Å². The number of nitro benzene ring substituents is 1. The van der Waals surface area contributed by atoms with Gasteiger partial charge < -0.3 is 0 Å².